The van der Waals surface area contributed by atoms with Gasteiger partial charge in [0.1, 0.15) is 11.5 Å². The van der Waals surface area contributed by atoms with Crippen LogP contribution in [0.1, 0.15) is 19.4 Å². The van der Waals surface area contributed by atoms with E-state index in [-0.39, 0.29) is 0 Å². The molecule has 0 N–H and O–H groups in total. The van der Waals surface area contributed by atoms with Gasteiger partial charge in [-0.3, -0.25) is 0 Å². The Balaban J connectivity index is 2.73. The molecular formula is C12H18O2. The molecule has 0 aliphatic carbocycles. The standard InChI is InChI=1S/C12H18O2/c1-9(2)8-14-12-7-11(13-4)6-5-10(12)3/h5-7,9H,8H2,1-4H3. The second-order valence-corrected chi connectivity index (χ2v) is 3.84. The number of hydrogen-bond donors (Lipinski definition) is 0. The normalized spacial score (nSPS) is 10.4. The van der Waals surface area contributed by atoms with E-state index < -0.39 is 0 Å². The van der Waals surface area contributed by atoms with Crippen LogP contribution in [0.3, 0.4) is 0 Å². The first-order valence-electron chi connectivity index (χ1n) is 4.91. The van der Waals surface area contributed by atoms with Gasteiger partial charge in [0.25, 0.3) is 0 Å². The lowest BCUT2D eigenvalue weighted by atomic mass is 10.2. The zero-order valence-corrected chi connectivity index (χ0v) is 9.33. The van der Waals surface area contributed by atoms with E-state index in [0.717, 1.165) is 23.7 Å². The molecule has 0 unspecified atom stereocenters. The van der Waals surface area contributed by atoms with Gasteiger partial charge in [0.2, 0.25) is 0 Å². The van der Waals surface area contributed by atoms with Crippen molar-refractivity contribution in [3.63, 3.8) is 0 Å². The average molecular weight is 194 g/mol. The van der Waals surface area contributed by atoms with Crippen molar-refractivity contribution in [2.45, 2.75) is 20.8 Å². The van der Waals surface area contributed by atoms with E-state index in [1.165, 1.54) is 0 Å². The summed E-state index contributed by atoms with van der Waals surface area (Å²) < 4.78 is 10.8. The second-order valence-electron chi connectivity index (χ2n) is 3.84. The molecule has 0 amide bonds. The van der Waals surface area contributed by atoms with Crippen molar-refractivity contribution in [3.8, 4) is 11.5 Å². The first kappa shape index (κ1) is 10.9. The fourth-order valence-electron chi connectivity index (χ4n) is 1.12. The van der Waals surface area contributed by atoms with Gasteiger partial charge in [0, 0.05) is 6.07 Å². The summed E-state index contributed by atoms with van der Waals surface area (Å²) in [4.78, 5) is 0. The van der Waals surface area contributed by atoms with Crippen molar-refractivity contribution in [3.05, 3.63) is 23.8 Å². The molecule has 0 bridgehead atoms. The van der Waals surface area contributed by atoms with Crippen LogP contribution in [-0.4, -0.2) is 13.7 Å². The number of benzene rings is 1. The van der Waals surface area contributed by atoms with Gasteiger partial charge in [0.05, 0.1) is 13.7 Å². The van der Waals surface area contributed by atoms with Crippen LogP contribution in [0.25, 0.3) is 0 Å². The van der Waals surface area contributed by atoms with Crippen LogP contribution < -0.4 is 9.47 Å². The second kappa shape index (κ2) is 4.89. The molecule has 1 rings (SSSR count). The minimum absolute atomic E-state index is 0.542. The van der Waals surface area contributed by atoms with Crippen molar-refractivity contribution in [2.24, 2.45) is 5.92 Å². The predicted molar refractivity (Wildman–Crippen MR) is 58.1 cm³/mol. The number of rotatable bonds is 4. The highest BCUT2D eigenvalue weighted by molar-refractivity contribution is 5.39. The van der Waals surface area contributed by atoms with E-state index in [1.54, 1.807) is 7.11 Å². The number of aryl methyl sites for hydroxylation is 1. The Morgan fingerprint density at radius 2 is 2.00 bits per heavy atom. The monoisotopic (exact) mass is 194 g/mol. The van der Waals surface area contributed by atoms with Crippen LogP contribution in [0.5, 0.6) is 11.5 Å². The summed E-state index contributed by atoms with van der Waals surface area (Å²) in [5.41, 5.74) is 1.14. The van der Waals surface area contributed by atoms with Gasteiger partial charge in [-0.15, -0.1) is 0 Å². The van der Waals surface area contributed by atoms with Gasteiger partial charge >= 0.3 is 0 Å². The van der Waals surface area contributed by atoms with E-state index >= 15 is 0 Å². The number of hydrogen-bond acceptors (Lipinski definition) is 2. The first-order chi connectivity index (χ1) is 6.63. The zero-order valence-electron chi connectivity index (χ0n) is 9.33. The van der Waals surface area contributed by atoms with Crippen LogP contribution in [0.15, 0.2) is 18.2 Å². The molecule has 0 spiro atoms. The third-order valence-electron chi connectivity index (χ3n) is 1.97. The number of ether oxygens (including phenoxy) is 2. The third kappa shape index (κ3) is 2.95. The Kier molecular flexibility index (Phi) is 3.81. The molecule has 1 aromatic rings. The molecule has 14 heavy (non-hydrogen) atoms. The first-order valence-corrected chi connectivity index (χ1v) is 4.91. The van der Waals surface area contributed by atoms with Crippen molar-refractivity contribution in [2.75, 3.05) is 13.7 Å². The van der Waals surface area contributed by atoms with Gasteiger partial charge in [0.15, 0.2) is 0 Å². The molecule has 0 radical (unpaired) electrons. The van der Waals surface area contributed by atoms with Crippen LogP contribution in [0.4, 0.5) is 0 Å². The quantitative estimate of drug-likeness (QED) is 0.733. The highest BCUT2D eigenvalue weighted by Crippen LogP contribution is 2.24. The van der Waals surface area contributed by atoms with Crippen molar-refractivity contribution in [1.29, 1.82) is 0 Å². The molecule has 0 aromatic heterocycles. The minimum Gasteiger partial charge on any atom is -0.497 e. The molecule has 0 heterocycles. The Morgan fingerprint density at radius 1 is 1.29 bits per heavy atom. The van der Waals surface area contributed by atoms with Gasteiger partial charge in [-0.05, 0) is 24.5 Å². The van der Waals surface area contributed by atoms with Gasteiger partial charge < -0.3 is 9.47 Å². The predicted octanol–water partition coefficient (Wildman–Crippen LogP) is 3.04. The molecule has 78 valence electrons. The van der Waals surface area contributed by atoms with E-state index in [2.05, 4.69) is 13.8 Å². The summed E-state index contributed by atoms with van der Waals surface area (Å²) in [5.74, 6) is 2.30. The maximum atomic E-state index is 5.66. The van der Waals surface area contributed by atoms with Gasteiger partial charge in [-0.2, -0.15) is 0 Å². The molecule has 0 aliphatic heterocycles. The Bertz CT molecular complexity index is 292. The van der Waals surface area contributed by atoms with E-state index in [4.69, 9.17) is 9.47 Å². The number of methoxy groups -OCH3 is 1. The summed E-state index contributed by atoms with van der Waals surface area (Å²) in [6.45, 7) is 7.05. The van der Waals surface area contributed by atoms with Crippen LogP contribution in [0, 0.1) is 12.8 Å². The smallest absolute Gasteiger partial charge is 0.125 e. The lowest BCUT2D eigenvalue weighted by Gasteiger charge is -2.12. The molecule has 0 saturated carbocycles. The van der Waals surface area contributed by atoms with Crippen LogP contribution in [0.2, 0.25) is 0 Å². The molecular weight excluding hydrogens is 176 g/mol. The summed E-state index contributed by atoms with van der Waals surface area (Å²) in [5, 5.41) is 0. The molecule has 0 saturated heterocycles. The third-order valence-corrected chi connectivity index (χ3v) is 1.97. The fraction of sp³-hybridized carbons (Fsp3) is 0.500. The summed E-state index contributed by atoms with van der Waals surface area (Å²) in [6.07, 6.45) is 0. The average Bonchev–Trinajstić information content (AvgIpc) is 2.16. The molecule has 0 atom stereocenters. The Morgan fingerprint density at radius 3 is 2.57 bits per heavy atom. The molecule has 0 aliphatic rings. The molecule has 2 heteroatoms. The van der Waals surface area contributed by atoms with Crippen molar-refractivity contribution in [1.82, 2.24) is 0 Å². The van der Waals surface area contributed by atoms with E-state index in [1.807, 2.05) is 25.1 Å². The Hall–Kier alpha value is -1.18. The summed E-state index contributed by atoms with van der Waals surface area (Å²) in [6, 6.07) is 5.88. The largest absolute Gasteiger partial charge is 0.497 e. The molecule has 2 nitrogen and oxygen atoms in total. The maximum Gasteiger partial charge on any atom is 0.125 e. The lowest BCUT2D eigenvalue weighted by molar-refractivity contribution is 0.268. The fourth-order valence-corrected chi connectivity index (χ4v) is 1.12. The van der Waals surface area contributed by atoms with Gasteiger partial charge in [-0.1, -0.05) is 19.9 Å². The lowest BCUT2D eigenvalue weighted by Crippen LogP contribution is -2.05. The van der Waals surface area contributed by atoms with E-state index in [0.29, 0.717) is 5.92 Å². The van der Waals surface area contributed by atoms with Gasteiger partial charge in [-0.25, -0.2) is 0 Å². The van der Waals surface area contributed by atoms with Crippen LogP contribution >= 0.6 is 0 Å². The van der Waals surface area contributed by atoms with Crippen molar-refractivity contribution < 1.29 is 9.47 Å². The molecule has 0 fully saturated rings. The highest BCUT2D eigenvalue weighted by atomic mass is 16.5. The summed E-state index contributed by atoms with van der Waals surface area (Å²) >= 11 is 0. The highest BCUT2D eigenvalue weighted by Gasteiger charge is 2.02. The van der Waals surface area contributed by atoms with Crippen molar-refractivity contribution >= 4 is 0 Å². The summed E-state index contributed by atoms with van der Waals surface area (Å²) in [7, 11) is 1.66. The Labute approximate surface area is 85.8 Å². The van der Waals surface area contributed by atoms with E-state index in [9.17, 15) is 0 Å². The minimum atomic E-state index is 0.542. The SMILES string of the molecule is COc1ccc(C)c(OCC(C)C)c1. The van der Waals surface area contributed by atoms with Crippen LogP contribution in [-0.2, 0) is 0 Å². The zero-order chi connectivity index (χ0) is 10.6. The topological polar surface area (TPSA) is 18.5 Å². The molecule has 1 aromatic carbocycles. The maximum absolute atomic E-state index is 5.66.